The second-order valence-corrected chi connectivity index (χ2v) is 5.40. The second-order valence-electron chi connectivity index (χ2n) is 4.34. The Kier molecular flexibility index (Phi) is 3.72. The molecule has 1 fully saturated rings. The smallest absolute Gasteiger partial charge is 0.0897 e. The topological polar surface area (TPSA) is 28.2 Å². The molecule has 1 unspecified atom stereocenters. The molecule has 2 rings (SSSR count). The predicted molar refractivity (Wildman–Crippen MR) is 64.2 cm³/mol. The summed E-state index contributed by atoms with van der Waals surface area (Å²) in [6.07, 6.45) is 2.61. The monoisotopic (exact) mass is 225 g/mol. The molecule has 84 valence electrons. The van der Waals surface area contributed by atoms with Gasteiger partial charge in [-0.1, -0.05) is 0 Å². The number of rotatable bonds is 3. The lowest BCUT2D eigenvalue weighted by atomic mass is 10.1. The molecule has 4 heteroatoms. The Bertz CT molecular complexity index is 311. The van der Waals surface area contributed by atoms with Gasteiger partial charge in [-0.25, -0.2) is 4.98 Å². The van der Waals surface area contributed by atoms with Crippen LogP contribution in [-0.4, -0.2) is 36.1 Å². The lowest BCUT2D eigenvalue weighted by Gasteiger charge is -2.30. The molecule has 0 aromatic carbocycles. The number of aryl methyl sites for hydroxylation is 1. The van der Waals surface area contributed by atoms with Gasteiger partial charge in [-0.2, -0.15) is 0 Å². The molecular weight excluding hydrogens is 206 g/mol. The van der Waals surface area contributed by atoms with Crippen molar-refractivity contribution in [2.45, 2.75) is 32.4 Å². The maximum absolute atomic E-state index is 4.46. The van der Waals surface area contributed by atoms with E-state index in [4.69, 9.17) is 0 Å². The van der Waals surface area contributed by atoms with Crippen LogP contribution in [0.2, 0.25) is 0 Å². The van der Waals surface area contributed by atoms with Crippen LogP contribution in [0.1, 0.15) is 23.5 Å². The van der Waals surface area contributed by atoms with Crippen LogP contribution >= 0.6 is 11.3 Å². The van der Waals surface area contributed by atoms with Crippen molar-refractivity contribution in [3.8, 4) is 0 Å². The number of likely N-dealkylation sites (tertiary alicyclic amines) is 1. The van der Waals surface area contributed by atoms with Gasteiger partial charge < -0.3 is 10.2 Å². The third kappa shape index (κ3) is 3.26. The third-order valence-corrected chi connectivity index (χ3v) is 3.69. The van der Waals surface area contributed by atoms with E-state index in [0.29, 0.717) is 6.04 Å². The number of hydrogen-bond donors (Lipinski definition) is 1. The highest BCUT2D eigenvalue weighted by atomic mass is 32.1. The average molecular weight is 225 g/mol. The Hall–Kier alpha value is -0.450. The fourth-order valence-corrected chi connectivity index (χ4v) is 2.68. The molecule has 0 radical (unpaired) electrons. The van der Waals surface area contributed by atoms with Crippen LogP contribution in [0.4, 0.5) is 0 Å². The van der Waals surface area contributed by atoms with Crippen LogP contribution in [0.3, 0.4) is 0 Å². The molecule has 1 aromatic heterocycles. The minimum absolute atomic E-state index is 0.644. The van der Waals surface area contributed by atoms with Crippen LogP contribution in [0, 0.1) is 6.92 Å². The molecule has 0 saturated carbocycles. The maximum Gasteiger partial charge on any atom is 0.0897 e. The van der Waals surface area contributed by atoms with Crippen molar-refractivity contribution >= 4 is 11.3 Å². The molecule has 1 aromatic rings. The van der Waals surface area contributed by atoms with Gasteiger partial charge >= 0.3 is 0 Å². The van der Waals surface area contributed by atoms with Crippen molar-refractivity contribution in [2.75, 3.05) is 20.1 Å². The number of likely N-dealkylation sites (N-methyl/N-ethyl adjacent to an activating group) is 1. The zero-order chi connectivity index (χ0) is 10.7. The maximum atomic E-state index is 4.46. The van der Waals surface area contributed by atoms with E-state index in [1.165, 1.54) is 31.6 Å². The number of thiazole rings is 1. The fraction of sp³-hybridized carbons (Fsp3) is 0.727. The molecule has 0 amide bonds. The molecule has 2 heterocycles. The summed E-state index contributed by atoms with van der Waals surface area (Å²) in [7, 11) is 2.20. The quantitative estimate of drug-likeness (QED) is 0.847. The fourth-order valence-electron chi connectivity index (χ4n) is 2.07. The highest BCUT2D eigenvalue weighted by molar-refractivity contribution is 7.09. The van der Waals surface area contributed by atoms with Gasteiger partial charge in [0.2, 0.25) is 0 Å². The lowest BCUT2D eigenvalue weighted by molar-refractivity contribution is 0.226. The number of nitrogens with one attached hydrogen (secondary N) is 1. The highest BCUT2D eigenvalue weighted by Gasteiger charge is 2.16. The predicted octanol–water partition coefficient (Wildman–Crippen LogP) is 1.64. The van der Waals surface area contributed by atoms with Crippen molar-refractivity contribution in [1.82, 2.24) is 15.2 Å². The Morgan fingerprint density at radius 1 is 1.67 bits per heavy atom. The molecule has 0 aliphatic carbocycles. The van der Waals surface area contributed by atoms with E-state index >= 15 is 0 Å². The molecule has 1 aliphatic heterocycles. The van der Waals surface area contributed by atoms with E-state index in [1.807, 2.05) is 0 Å². The van der Waals surface area contributed by atoms with E-state index in [2.05, 4.69) is 34.6 Å². The van der Waals surface area contributed by atoms with Gasteiger partial charge in [-0.3, -0.25) is 0 Å². The first-order valence-electron chi connectivity index (χ1n) is 5.57. The molecule has 3 nitrogen and oxygen atoms in total. The summed E-state index contributed by atoms with van der Waals surface area (Å²) >= 11 is 1.73. The first-order valence-corrected chi connectivity index (χ1v) is 6.45. The molecule has 1 aliphatic rings. The van der Waals surface area contributed by atoms with Crippen molar-refractivity contribution in [1.29, 1.82) is 0 Å². The number of nitrogens with zero attached hydrogens (tertiary/aromatic N) is 2. The summed E-state index contributed by atoms with van der Waals surface area (Å²) in [6, 6.07) is 0.644. The van der Waals surface area contributed by atoms with Crippen molar-refractivity contribution < 1.29 is 0 Å². The zero-order valence-electron chi connectivity index (χ0n) is 9.49. The van der Waals surface area contributed by atoms with E-state index < -0.39 is 0 Å². The van der Waals surface area contributed by atoms with E-state index in [-0.39, 0.29) is 0 Å². The van der Waals surface area contributed by atoms with Crippen LogP contribution < -0.4 is 5.32 Å². The van der Waals surface area contributed by atoms with E-state index in [1.54, 1.807) is 11.3 Å². The van der Waals surface area contributed by atoms with Gasteiger partial charge in [0.25, 0.3) is 0 Å². The normalized spacial score (nSPS) is 23.2. The van der Waals surface area contributed by atoms with Gasteiger partial charge in [0.1, 0.15) is 0 Å². The van der Waals surface area contributed by atoms with Crippen LogP contribution in [0.15, 0.2) is 5.38 Å². The summed E-state index contributed by atoms with van der Waals surface area (Å²) in [5.41, 5.74) is 1.19. The summed E-state index contributed by atoms with van der Waals surface area (Å²) in [6.45, 7) is 5.39. The first kappa shape index (κ1) is 11.0. The third-order valence-electron chi connectivity index (χ3n) is 2.86. The van der Waals surface area contributed by atoms with Gasteiger partial charge in [-0.15, -0.1) is 11.3 Å². The summed E-state index contributed by atoms with van der Waals surface area (Å²) in [5.74, 6) is 0. The zero-order valence-corrected chi connectivity index (χ0v) is 10.3. The van der Waals surface area contributed by atoms with E-state index in [9.17, 15) is 0 Å². The van der Waals surface area contributed by atoms with Gasteiger partial charge in [0.05, 0.1) is 10.7 Å². The van der Waals surface area contributed by atoms with Gasteiger partial charge in [0.15, 0.2) is 0 Å². The largest absolute Gasteiger partial charge is 0.307 e. The molecule has 1 saturated heterocycles. The minimum Gasteiger partial charge on any atom is -0.307 e. The molecule has 15 heavy (non-hydrogen) atoms. The molecule has 0 spiro atoms. The van der Waals surface area contributed by atoms with Crippen LogP contribution in [-0.2, 0) is 6.54 Å². The summed E-state index contributed by atoms with van der Waals surface area (Å²) < 4.78 is 0. The molecule has 0 bridgehead atoms. The summed E-state index contributed by atoms with van der Waals surface area (Å²) in [5, 5.41) is 6.89. The molecular formula is C11H19N3S. The molecule has 1 atom stereocenters. The number of hydrogen-bond acceptors (Lipinski definition) is 4. The Morgan fingerprint density at radius 3 is 3.20 bits per heavy atom. The Labute approximate surface area is 95.5 Å². The minimum atomic E-state index is 0.644. The SMILES string of the molecule is Cc1nc(CNC2CCCN(C)C2)cs1. The highest BCUT2D eigenvalue weighted by Crippen LogP contribution is 2.11. The molecule has 1 N–H and O–H groups in total. The van der Waals surface area contributed by atoms with Gasteiger partial charge in [0, 0.05) is 24.5 Å². The average Bonchev–Trinajstić information content (AvgIpc) is 2.62. The van der Waals surface area contributed by atoms with Crippen molar-refractivity contribution in [3.05, 3.63) is 16.1 Å². The van der Waals surface area contributed by atoms with E-state index in [0.717, 1.165) is 11.6 Å². The number of piperidine rings is 1. The Balaban J connectivity index is 1.77. The first-order chi connectivity index (χ1) is 7.24. The van der Waals surface area contributed by atoms with Crippen LogP contribution in [0.5, 0.6) is 0 Å². The number of aromatic nitrogens is 1. The Morgan fingerprint density at radius 2 is 2.53 bits per heavy atom. The second kappa shape index (κ2) is 5.05. The summed E-state index contributed by atoms with van der Waals surface area (Å²) in [4.78, 5) is 6.85. The van der Waals surface area contributed by atoms with Crippen LogP contribution in [0.25, 0.3) is 0 Å². The van der Waals surface area contributed by atoms with Gasteiger partial charge in [-0.05, 0) is 33.4 Å². The van der Waals surface area contributed by atoms with Crippen molar-refractivity contribution in [2.24, 2.45) is 0 Å². The standard InChI is InChI=1S/C11H19N3S/c1-9-13-11(8-15-9)6-12-10-4-3-5-14(2)7-10/h8,10,12H,3-7H2,1-2H3. The lowest BCUT2D eigenvalue weighted by Crippen LogP contribution is -2.43. The van der Waals surface area contributed by atoms with Crippen molar-refractivity contribution in [3.63, 3.8) is 0 Å².